The van der Waals surface area contributed by atoms with Gasteiger partial charge < -0.3 is 0 Å². The first kappa shape index (κ1) is 9.86. The first-order valence-electron chi connectivity index (χ1n) is 3.84. The van der Waals surface area contributed by atoms with Crippen molar-refractivity contribution >= 4 is 17.7 Å². The van der Waals surface area contributed by atoms with E-state index in [0.717, 1.165) is 5.56 Å². The van der Waals surface area contributed by atoms with E-state index in [0.29, 0.717) is 5.02 Å². The highest BCUT2D eigenvalue weighted by atomic mass is 35.5. The first-order valence-corrected chi connectivity index (χ1v) is 4.22. The highest BCUT2D eigenvalue weighted by Gasteiger charge is 1.96. The van der Waals surface area contributed by atoms with E-state index in [2.05, 4.69) is 10.2 Å². The van der Waals surface area contributed by atoms with Gasteiger partial charge in [0.1, 0.15) is 6.04 Å². The van der Waals surface area contributed by atoms with E-state index >= 15 is 0 Å². The van der Waals surface area contributed by atoms with Gasteiger partial charge in [-0.3, -0.25) is 4.98 Å². The van der Waals surface area contributed by atoms with Crippen molar-refractivity contribution in [2.45, 2.75) is 13.0 Å². The number of nitrogens with zero attached hydrogens (tertiary/aromatic N) is 2. The molecule has 1 rings (SSSR count). The quantitative estimate of drug-likeness (QED) is 0.698. The molecule has 1 aromatic heterocycles. The van der Waals surface area contributed by atoms with Crippen LogP contribution in [0.3, 0.4) is 0 Å². The van der Waals surface area contributed by atoms with Crippen LogP contribution in [0.4, 0.5) is 0 Å². The lowest BCUT2D eigenvalue weighted by atomic mass is 10.2. The van der Waals surface area contributed by atoms with Crippen molar-refractivity contribution in [1.82, 2.24) is 4.98 Å². The molecule has 0 spiro atoms. The largest absolute Gasteiger partial charge is 0.263 e. The second kappa shape index (κ2) is 4.72. The minimum atomic E-state index is -0.329. The lowest BCUT2D eigenvalue weighted by molar-refractivity contribution is 0.920. The summed E-state index contributed by atoms with van der Waals surface area (Å²) in [5, 5.41) is 3.40. The molecule has 0 amide bonds. The predicted octanol–water partition coefficient (Wildman–Crippen LogP) is 2.90. The molecule has 13 heavy (non-hydrogen) atoms. The molecule has 0 aliphatic rings. The third-order valence-electron chi connectivity index (χ3n) is 1.52. The van der Waals surface area contributed by atoms with E-state index in [-0.39, 0.29) is 6.04 Å². The van der Waals surface area contributed by atoms with Gasteiger partial charge in [-0.15, -0.1) is 0 Å². The molecule has 0 saturated heterocycles. The molecule has 0 bridgehead atoms. The monoisotopic (exact) mass is 196 g/mol. The van der Waals surface area contributed by atoms with Crippen molar-refractivity contribution in [3.63, 3.8) is 0 Å². The number of nitroso groups, excluding NO2 is 1. The molecule has 0 saturated carbocycles. The summed E-state index contributed by atoms with van der Waals surface area (Å²) in [6.45, 7) is 1.71. The van der Waals surface area contributed by atoms with Crippen LogP contribution in [0.5, 0.6) is 0 Å². The van der Waals surface area contributed by atoms with Crippen LogP contribution in [0.1, 0.15) is 12.5 Å². The van der Waals surface area contributed by atoms with Gasteiger partial charge in [-0.2, -0.15) is 4.91 Å². The molecule has 1 atom stereocenters. The smallest absolute Gasteiger partial charge is 0.107 e. The van der Waals surface area contributed by atoms with Crippen molar-refractivity contribution < 1.29 is 0 Å². The highest BCUT2D eigenvalue weighted by molar-refractivity contribution is 6.31. The molecule has 68 valence electrons. The van der Waals surface area contributed by atoms with Crippen LogP contribution < -0.4 is 0 Å². The maximum atomic E-state index is 10.1. The Kier molecular flexibility index (Phi) is 3.58. The summed E-state index contributed by atoms with van der Waals surface area (Å²) in [5.41, 5.74) is 0.840. The second-order valence-corrected chi connectivity index (χ2v) is 3.01. The van der Waals surface area contributed by atoms with Gasteiger partial charge >= 0.3 is 0 Å². The first-order chi connectivity index (χ1) is 6.24. The van der Waals surface area contributed by atoms with Gasteiger partial charge in [0.15, 0.2) is 0 Å². The molecule has 0 radical (unpaired) electrons. The summed E-state index contributed by atoms with van der Waals surface area (Å²) in [6, 6.07) is 1.44. The van der Waals surface area contributed by atoms with Crippen LogP contribution in [0.15, 0.2) is 29.7 Å². The summed E-state index contributed by atoms with van der Waals surface area (Å²) in [7, 11) is 0. The van der Waals surface area contributed by atoms with E-state index in [9.17, 15) is 4.91 Å². The molecular weight excluding hydrogens is 188 g/mol. The SMILES string of the molecule is CC(C=Cc1ccncc1Cl)N=O. The highest BCUT2D eigenvalue weighted by Crippen LogP contribution is 2.15. The van der Waals surface area contributed by atoms with Crippen LogP contribution in [-0.2, 0) is 0 Å². The fourth-order valence-corrected chi connectivity index (χ4v) is 0.982. The van der Waals surface area contributed by atoms with Crippen LogP contribution in [-0.4, -0.2) is 11.0 Å². The summed E-state index contributed by atoms with van der Waals surface area (Å²) in [5.74, 6) is 0. The van der Waals surface area contributed by atoms with Gasteiger partial charge in [0.05, 0.1) is 5.02 Å². The van der Waals surface area contributed by atoms with Crippen molar-refractivity contribution in [2.75, 3.05) is 0 Å². The Morgan fingerprint density at radius 1 is 1.69 bits per heavy atom. The Hall–Kier alpha value is -1.22. The van der Waals surface area contributed by atoms with Gasteiger partial charge in [-0.05, 0) is 18.6 Å². The molecule has 3 nitrogen and oxygen atoms in total. The Labute approximate surface area is 81.4 Å². The number of pyridine rings is 1. The average Bonchev–Trinajstić information content (AvgIpc) is 2.16. The lowest BCUT2D eigenvalue weighted by Crippen LogP contribution is -1.88. The minimum Gasteiger partial charge on any atom is -0.263 e. The Balaban J connectivity index is 2.79. The van der Waals surface area contributed by atoms with Crippen molar-refractivity contribution in [3.8, 4) is 0 Å². The minimum absolute atomic E-state index is 0.329. The molecule has 1 aromatic rings. The van der Waals surface area contributed by atoms with Gasteiger partial charge in [-0.25, -0.2) is 0 Å². The molecule has 0 fully saturated rings. The maximum absolute atomic E-state index is 10.1. The number of aromatic nitrogens is 1. The standard InChI is InChI=1S/C9H9ClN2O/c1-7(12-13)2-3-8-4-5-11-6-9(8)10/h2-7H,1H3. The number of rotatable bonds is 3. The average molecular weight is 197 g/mol. The van der Waals surface area contributed by atoms with Crippen LogP contribution in [0, 0.1) is 4.91 Å². The van der Waals surface area contributed by atoms with E-state index in [4.69, 9.17) is 11.6 Å². The third-order valence-corrected chi connectivity index (χ3v) is 1.84. The van der Waals surface area contributed by atoms with Crippen molar-refractivity contribution in [1.29, 1.82) is 0 Å². The normalized spacial score (nSPS) is 13.1. The summed E-state index contributed by atoms with van der Waals surface area (Å²) in [4.78, 5) is 13.9. The number of hydrogen-bond donors (Lipinski definition) is 0. The van der Waals surface area contributed by atoms with Gasteiger partial charge in [0.25, 0.3) is 0 Å². The topological polar surface area (TPSA) is 42.3 Å². The molecule has 4 heteroatoms. The molecule has 0 aliphatic carbocycles. The van der Waals surface area contributed by atoms with Gasteiger partial charge in [-0.1, -0.05) is 28.9 Å². The Morgan fingerprint density at radius 2 is 2.46 bits per heavy atom. The zero-order chi connectivity index (χ0) is 9.68. The second-order valence-electron chi connectivity index (χ2n) is 2.60. The van der Waals surface area contributed by atoms with Crippen LogP contribution in [0.25, 0.3) is 6.08 Å². The van der Waals surface area contributed by atoms with E-state index in [1.54, 1.807) is 37.5 Å². The molecule has 1 unspecified atom stereocenters. The zero-order valence-corrected chi connectivity index (χ0v) is 7.90. The summed E-state index contributed by atoms with van der Waals surface area (Å²) in [6.07, 6.45) is 6.65. The molecule has 0 aromatic carbocycles. The summed E-state index contributed by atoms with van der Waals surface area (Å²) < 4.78 is 0. The van der Waals surface area contributed by atoms with Gasteiger partial charge in [0.2, 0.25) is 0 Å². The van der Waals surface area contributed by atoms with E-state index in [1.807, 2.05) is 0 Å². The van der Waals surface area contributed by atoms with Crippen molar-refractivity contribution in [2.24, 2.45) is 5.18 Å². The summed E-state index contributed by atoms with van der Waals surface area (Å²) >= 11 is 5.83. The Morgan fingerprint density at radius 3 is 3.08 bits per heavy atom. The molecule has 1 heterocycles. The van der Waals surface area contributed by atoms with Crippen LogP contribution >= 0.6 is 11.6 Å². The fourth-order valence-electron chi connectivity index (χ4n) is 0.799. The van der Waals surface area contributed by atoms with E-state index < -0.39 is 0 Å². The van der Waals surface area contributed by atoms with Gasteiger partial charge in [0, 0.05) is 12.4 Å². The molecule has 0 N–H and O–H groups in total. The number of halogens is 1. The Bertz CT molecular complexity index is 325. The molecular formula is C9H9ClN2O. The number of hydrogen-bond acceptors (Lipinski definition) is 3. The van der Waals surface area contributed by atoms with Crippen LogP contribution in [0.2, 0.25) is 5.02 Å². The van der Waals surface area contributed by atoms with E-state index in [1.165, 1.54) is 0 Å². The zero-order valence-electron chi connectivity index (χ0n) is 7.14. The lowest BCUT2D eigenvalue weighted by Gasteiger charge is -1.96. The van der Waals surface area contributed by atoms with Crippen molar-refractivity contribution in [3.05, 3.63) is 40.0 Å². The predicted molar refractivity (Wildman–Crippen MR) is 53.5 cm³/mol. The molecule has 0 aliphatic heterocycles. The fraction of sp³-hybridized carbons (Fsp3) is 0.222. The maximum Gasteiger partial charge on any atom is 0.107 e. The third kappa shape index (κ3) is 2.95.